The highest BCUT2D eigenvalue weighted by Gasteiger charge is 2.59. The summed E-state index contributed by atoms with van der Waals surface area (Å²) in [7, 11) is 0. The van der Waals surface area contributed by atoms with Gasteiger partial charge in [0.25, 0.3) is 0 Å². The molecule has 2 aromatic heterocycles. The normalized spacial score (nSPS) is 35.1. The molecule has 4 heteroatoms. The molecular weight excluding hydrogens is 1160 g/mol. The van der Waals surface area contributed by atoms with Gasteiger partial charge >= 0.3 is 0 Å². The first-order valence-corrected chi connectivity index (χ1v) is 38.8. The lowest BCUT2D eigenvalue weighted by atomic mass is 9.47. The SMILES string of the molecule is c1ccc2cc3c(cc2c1)-c1nc-3c(C23CC4CC(CC(C4)C2)C3)c2[nH]c(c(C34CC5CC(CC(C5)C3)C4)c3nc(c(C45CC6CC(CC(C6)C4)C5)c4[nH]c(c1C15CC6CC(CC(C6)C1)C5)c1cc5ccccc5cc41)-c1cc4ccccc4cc1-3)c1cc3ccccc3cc21. The third kappa shape index (κ3) is 7.18. The molecular formula is C92H86N4. The van der Waals surface area contributed by atoms with E-state index in [4.69, 9.17) is 19.9 Å². The molecule has 96 heavy (non-hydrogen) atoms. The summed E-state index contributed by atoms with van der Waals surface area (Å²) in [4.78, 5) is 23.7. The Hall–Kier alpha value is -7.56. The summed E-state index contributed by atoms with van der Waals surface area (Å²) in [5.41, 5.74) is 22.5. The highest BCUT2D eigenvalue weighted by molar-refractivity contribution is 6.19. The maximum absolute atomic E-state index is 6.92. The van der Waals surface area contributed by atoms with E-state index in [9.17, 15) is 0 Å². The van der Waals surface area contributed by atoms with E-state index in [-0.39, 0.29) is 21.7 Å². The number of H-pyrrole nitrogens is 2. The van der Waals surface area contributed by atoms with Crippen molar-refractivity contribution in [3.8, 4) is 45.0 Å². The molecule has 0 amide bonds. The third-order valence-corrected chi connectivity index (χ3v) is 30.8. The maximum atomic E-state index is 6.92. The number of benzene rings is 8. The molecule has 0 atom stereocenters. The van der Waals surface area contributed by atoms with Crippen LogP contribution in [0.4, 0.5) is 0 Å². The van der Waals surface area contributed by atoms with Crippen molar-refractivity contribution in [1.29, 1.82) is 0 Å². The average Bonchev–Trinajstić information content (AvgIpc) is 1.49. The van der Waals surface area contributed by atoms with Gasteiger partial charge in [0, 0.05) is 87.7 Å². The van der Waals surface area contributed by atoms with Crippen LogP contribution in [0.15, 0.2) is 146 Å². The van der Waals surface area contributed by atoms with Crippen LogP contribution in [-0.4, -0.2) is 19.9 Å². The Balaban J connectivity index is 0.970. The zero-order valence-electron chi connectivity index (χ0n) is 55.6. The molecule has 0 radical (unpaired) electrons. The van der Waals surface area contributed by atoms with Crippen molar-refractivity contribution in [1.82, 2.24) is 19.9 Å². The standard InChI is InChI=1S/C92H86N4/c1-2-10-62-30-70-69(29-61(62)9-1)81-77(89-37-49-17-50(38-89)19-51(18-49)39-89)83-71-31-63-11-3-4-12-64(63)32-72(71)85(94-83)79(91-43-55-23-56(44-91)25-57(24-55)45-91)87-75-35-67-15-7-8-16-68(67)36-76(75)88(96-87)80(92-46-58-26-59(47-92)28-60(27-58)48-92)86-74-34-66-14-6-5-13-65(66)33-73(74)84(95-86)78(82(70)93-81)90-40-52-20-53(41-90)22-54(21-52)42-90/h1-16,29-36,49-60,93,96H,17-28,37-48H2. The Morgan fingerprint density at radius 2 is 0.396 bits per heavy atom. The fraction of sp³-hybridized carbons (Fsp3) is 0.435. The minimum atomic E-state index is -0.0238. The van der Waals surface area contributed by atoms with Gasteiger partial charge in [-0.25, -0.2) is 9.97 Å². The number of fused-ring (bicyclic) bond motifs is 4. The fourth-order valence-corrected chi connectivity index (χ4v) is 29.3. The molecule has 19 aliphatic rings. The second kappa shape index (κ2) is 18.4. The predicted molar refractivity (Wildman–Crippen MR) is 394 cm³/mol. The topological polar surface area (TPSA) is 57.4 Å². The van der Waals surface area contributed by atoms with E-state index in [2.05, 4.69) is 146 Å². The predicted octanol–water partition coefficient (Wildman–Crippen LogP) is 23.8. The van der Waals surface area contributed by atoms with Crippen molar-refractivity contribution in [2.24, 2.45) is 71.0 Å². The molecule has 0 spiro atoms. The molecule has 2 aliphatic heterocycles. The third-order valence-electron chi connectivity index (χ3n) is 30.8. The summed E-state index contributed by atoms with van der Waals surface area (Å²) in [6.45, 7) is 0. The number of aromatic amines is 2. The second-order valence-corrected chi connectivity index (χ2v) is 36.6. The maximum Gasteiger partial charge on any atom is 0.0775 e. The van der Waals surface area contributed by atoms with Crippen molar-refractivity contribution >= 4 is 86.7 Å². The lowest BCUT2D eigenvalue weighted by Crippen LogP contribution is -2.49. The number of hydrogen-bond donors (Lipinski definition) is 2. The zero-order chi connectivity index (χ0) is 61.9. The number of aromatic nitrogens is 4. The molecule has 2 N–H and O–H groups in total. The van der Waals surface area contributed by atoms with Crippen LogP contribution in [-0.2, 0) is 21.7 Å². The molecule has 4 nitrogen and oxygen atoms in total. The van der Waals surface area contributed by atoms with Gasteiger partial charge in [0.05, 0.1) is 44.8 Å². The molecule has 16 fully saturated rings. The monoisotopic (exact) mass is 1250 g/mol. The lowest BCUT2D eigenvalue weighted by Gasteiger charge is -2.57. The molecule has 10 aromatic rings. The van der Waals surface area contributed by atoms with Gasteiger partial charge in [-0.3, -0.25) is 0 Å². The van der Waals surface area contributed by atoms with Crippen LogP contribution in [0, 0.1) is 71.0 Å². The molecule has 474 valence electrons. The Bertz CT molecular complexity index is 4740. The van der Waals surface area contributed by atoms with Crippen molar-refractivity contribution in [2.75, 3.05) is 0 Å². The highest BCUT2D eigenvalue weighted by atomic mass is 14.9. The fourth-order valence-electron chi connectivity index (χ4n) is 29.3. The Morgan fingerprint density at radius 1 is 0.229 bits per heavy atom. The Morgan fingerprint density at radius 3 is 0.573 bits per heavy atom. The minimum Gasteiger partial charge on any atom is -0.354 e. The van der Waals surface area contributed by atoms with Crippen molar-refractivity contribution in [3.63, 3.8) is 0 Å². The average molecular weight is 1250 g/mol. The molecule has 0 unspecified atom stereocenters. The van der Waals surface area contributed by atoms with Crippen LogP contribution in [0.5, 0.6) is 0 Å². The summed E-state index contributed by atoms with van der Waals surface area (Å²) >= 11 is 0. The van der Waals surface area contributed by atoms with E-state index in [0.29, 0.717) is 0 Å². The summed E-state index contributed by atoms with van der Waals surface area (Å²) in [5, 5.41) is 16.4. The van der Waals surface area contributed by atoms with E-state index in [1.807, 2.05) is 0 Å². The summed E-state index contributed by atoms with van der Waals surface area (Å²) < 4.78 is 0. The largest absolute Gasteiger partial charge is 0.354 e. The lowest BCUT2D eigenvalue weighted by molar-refractivity contribution is -0.00455. The zero-order valence-corrected chi connectivity index (χ0v) is 55.6. The number of nitrogens with one attached hydrogen (secondary N) is 2. The molecule has 24 bridgehead atoms. The second-order valence-electron chi connectivity index (χ2n) is 36.6. The van der Waals surface area contributed by atoms with Crippen molar-refractivity contribution in [3.05, 3.63) is 168 Å². The van der Waals surface area contributed by atoms with Crippen LogP contribution < -0.4 is 0 Å². The first-order valence-electron chi connectivity index (χ1n) is 38.8. The summed E-state index contributed by atoms with van der Waals surface area (Å²) in [6.07, 6.45) is 32.0. The summed E-state index contributed by atoms with van der Waals surface area (Å²) in [6, 6.07) is 59.2. The van der Waals surface area contributed by atoms with E-state index < -0.39 is 0 Å². The molecule has 29 rings (SSSR count). The van der Waals surface area contributed by atoms with Gasteiger partial charge < -0.3 is 9.97 Å². The van der Waals surface area contributed by atoms with Gasteiger partial charge in [0.2, 0.25) is 0 Å². The van der Waals surface area contributed by atoms with Gasteiger partial charge in [-0.15, -0.1) is 0 Å². The van der Waals surface area contributed by atoms with E-state index in [0.717, 1.165) is 71.0 Å². The van der Waals surface area contributed by atoms with Gasteiger partial charge in [-0.1, -0.05) is 97.1 Å². The quantitative estimate of drug-likeness (QED) is 0.184. The number of rotatable bonds is 4. The van der Waals surface area contributed by atoms with Gasteiger partial charge in [0.1, 0.15) is 0 Å². The van der Waals surface area contributed by atoms with Crippen molar-refractivity contribution < 1.29 is 0 Å². The van der Waals surface area contributed by atoms with Gasteiger partial charge in [-0.2, -0.15) is 0 Å². The Labute approximate surface area is 562 Å². The first kappa shape index (κ1) is 53.5. The number of hydrogen-bond acceptors (Lipinski definition) is 2. The van der Waals surface area contributed by atoms with Crippen LogP contribution in [0.1, 0.15) is 176 Å². The molecule has 4 heterocycles. The Kier molecular flexibility index (Phi) is 10.3. The number of nitrogens with zero attached hydrogens (tertiary/aromatic N) is 2. The van der Waals surface area contributed by atoms with Gasteiger partial charge in [0.15, 0.2) is 0 Å². The van der Waals surface area contributed by atoms with Gasteiger partial charge in [-0.05, 0) is 317 Å². The first-order chi connectivity index (χ1) is 47.2. The molecule has 16 saturated carbocycles. The summed E-state index contributed by atoms with van der Waals surface area (Å²) in [5.74, 6) is 9.02. The van der Waals surface area contributed by atoms with E-state index >= 15 is 0 Å². The van der Waals surface area contributed by atoms with E-state index in [1.165, 1.54) is 286 Å². The molecule has 8 aromatic carbocycles. The highest BCUT2D eigenvalue weighted by Crippen LogP contribution is 2.70. The molecule has 17 aliphatic carbocycles. The van der Waals surface area contributed by atoms with Crippen molar-refractivity contribution in [2.45, 2.75) is 176 Å². The van der Waals surface area contributed by atoms with Crippen LogP contribution in [0.25, 0.3) is 132 Å². The smallest absolute Gasteiger partial charge is 0.0775 e. The van der Waals surface area contributed by atoms with Crippen LogP contribution in [0.3, 0.4) is 0 Å². The van der Waals surface area contributed by atoms with E-state index in [1.54, 1.807) is 22.3 Å². The van der Waals surface area contributed by atoms with Crippen LogP contribution in [0.2, 0.25) is 0 Å². The molecule has 0 saturated heterocycles. The van der Waals surface area contributed by atoms with Crippen LogP contribution >= 0.6 is 0 Å². The minimum absolute atomic E-state index is 0.0238.